The van der Waals surface area contributed by atoms with Crippen LogP contribution in [0.4, 0.5) is 0 Å². The Bertz CT molecular complexity index is 286. The summed E-state index contributed by atoms with van der Waals surface area (Å²) in [4.78, 5) is 4.81. The molecule has 2 rings (SSSR count). The molecule has 0 radical (unpaired) electrons. The third-order valence-electron chi connectivity index (χ3n) is 3.95. The molecule has 3 heteroatoms. The maximum atomic E-state index is 4.81. The number of hydrogen-bond donors (Lipinski definition) is 1. The van der Waals surface area contributed by atoms with Crippen molar-refractivity contribution in [2.75, 3.05) is 12.3 Å². The van der Waals surface area contributed by atoms with Gasteiger partial charge in [-0.3, -0.25) is 4.99 Å². The van der Waals surface area contributed by atoms with Gasteiger partial charge in [-0.25, -0.2) is 0 Å². The minimum absolute atomic E-state index is 0.240. The lowest BCUT2D eigenvalue weighted by molar-refractivity contribution is 0.289. The second-order valence-electron chi connectivity index (χ2n) is 6.39. The Hall–Kier alpha value is -0.180. The normalized spacial score (nSPS) is 35.6. The van der Waals surface area contributed by atoms with E-state index in [9.17, 15) is 0 Å². The van der Waals surface area contributed by atoms with Crippen molar-refractivity contribution in [1.29, 1.82) is 0 Å². The predicted molar refractivity (Wildman–Crippen MR) is 77.7 cm³/mol. The quantitative estimate of drug-likeness (QED) is 0.813. The fourth-order valence-electron chi connectivity index (χ4n) is 2.81. The van der Waals surface area contributed by atoms with Crippen LogP contribution in [-0.2, 0) is 0 Å². The fourth-order valence-corrected chi connectivity index (χ4v) is 4.13. The van der Waals surface area contributed by atoms with Crippen molar-refractivity contribution in [2.24, 2.45) is 16.8 Å². The van der Waals surface area contributed by atoms with Gasteiger partial charge in [0.2, 0.25) is 0 Å². The molecule has 1 saturated heterocycles. The molecule has 0 spiro atoms. The molecular formula is C14H26N2S. The lowest BCUT2D eigenvalue weighted by Gasteiger charge is -2.33. The van der Waals surface area contributed by atoms with Gasteiger partial charge in [0.25, 0.3) is 0 Å². The van der Waals surface area contributed by atoms with Crippen molar-refractivity contribution in [3.8, 4) is 0 Å². The van der Waals surface area contributed by atoms with Crippen LogP contribution in [0.2, 0.25) is 0 Å². The number of amidine groups is 1. The molecule has 2 atom stereocenters. The number of rotatable bonds is 2. The highest BCUT2D eigenvalue weighted by Gasteiger charge is 2.25. The number of aliphatic imine (C=N–C) groups is 1. The molecule has 2 fully saturated rings. The van der Waals surface area contributed by atoms with Crippen LogP contribution in [0.1, 0.15) is 52.9 Å². The zero-order valence-electron chi connectivity index (χ0n) is 11.5. The molecule has 2 nitrogen and oxygen atoms in total. The van der Waals surface area contributed by atoms with Crippen molar-refractivity contribution in [3.05, 3.63) is 0 Å². The highest BCUT2D eigenvalue weighted by atomic mass is 32.2. The fraction of sp³-hybridized carbons (Fsp3) is 0.929. The van der Waals surface area contributed by atoms with E-state index in [-0.39, 0.29) is 5.54 Å². The first-order valence-corrected chi connectivity index (χ1v) is 7.99. The second kappa shape index (κ2) is 5.64. The Morgan fingerprint density at radius 2 is 2.24 bits per heavy atom. The summed E-state index contributed by atoms with van der Waals surface area (Å²) < 4.78 is 0. The molecule has 1 heterocycles. The summed E-state index contributed by atoms with van der Waals surface area (Å²) in [5.74, 6) is 2.95. The SMILES string of the molecule is CC1CCCC(CN=C2NC(C)(C)CCS2)C1. The minimum atomic E-state index is 0.240. The minimum Gasteiger partial charge on any atom is -0.360 e. The van der Waals surface area contributed by atoms with Gasteiger partial charge in [0.05, 0.1) is 0 Å². The molecule has 0 aromatic carbocycles. The number of nitrogens with one attached hydrogen (secondary N) is 1. The Balaban J connectivity index is 1.83. The molecule has 2 aliphatic rings. The van der Waals surface area contributed by atoms with Gasteiger partial charge in [-0.05, 0) is 44.9 Å². The molecule has 0 amide bonds. The third kappa shape index (κ3) is 4.20. The van der Waals surface area contributed by atoms with Crippen LogP contribution in [0.3, 0.4) is 0 Å². The standard InChI is InChI=1S/C14H26N2S/c1-11-5-4-6-12(9-11)10-15-13-16-14(2,3)7-8-17-13/h11-12H,4-10H2,1-3H3,(H,15,16). The van der Waals surface area contributed by atoms with Crippen LogP contribution in [0.15, 0.2) is 4.99 Å². The van der Waals surface area contributed by atoms with E-state index >= 15 is 0 Å². The summed E-state index contributed by atoms with van der Waals surface area (Å²) in [5, 5.41) is 4.74. The first-order valence-electron chi connectivity index (χ1n) is 7.00. The van der Waals surface area contributed by atoms with E-state index in [1.165, 1.54) is 43.0 Å². The average molecular weight is 254 g/mol. The van der Waals surface area contributed by atoms with Gasteiger partial charge < -0.3 is 5.32 Å². The Morgan fingerprint density at radius 1 is 1.41 bits per heavy atom. The van der Waals surface area contributed by atoms with Crippen molar-refractivity contribution >= 4 is 16.9 Å². The van der Waals surface area contributed by atoms with E-state index in [0.717, 1.165) is 18.4 Å². The van der Waals surface area contributed by atoms with Gasteiger partial charge in [0.15, 0.2) is 5.17 Å². The van der Waals surface area contributed by atoms with Crippen molar-refractivity contribution in [1.82, 2.24) is 5.32 Å². The maximum Gasteiger partial charge on any atom is 0.156 e. The van der Waals surface area contributed by atoms with E-state index in [2.05, 4.69) is 26.1 Å². The number of thioether (sulfide) groups is 1. The lowest BCUT2D eigenvalue weighted by atomic mass is 9.82. The van der Waals surface area contributed by atoms with E-state index in [1.807, 2.05) is 11.8 Å². The van der Waals surface area contributed by atoms with E-state index in [1.54, 1.807) is 0 Å². The summed E-state index contributed by atoms with van der Waals surface area (Å²) in [6.07, 6.45) is 6.83. The van der Waals surface area contributed by atoms with Crippen molar-refractivity contribution in [3.63, 3.8) is 0 Å². The topological polar surface area (TPSA) is 24.4 Å². The number of hydrogen-bond acceptors (Lipinski definition) is 2. The van der Waals surface area contributed by atoms with Crippen molar-refractivity contribution in [2.45, 2.75) is 58.4 Å². The summed E-state index contributed by atoms with van der Waals surface area (Å²) in [5.41, 5.74) is 0.240. The van der Waals surface area contributed by atoms with Crippen LogP contribution in [0, 0.1) is 11.8 Å². The predicted octanol–water partition coefficient (Wildman–Crippen LogP) is 3.67. The zero-order valence-corrected chi connectivity index (χ0v) is 12.3. The molecule has 0 bridgehead atoms. The summed E-state index contributed by atoms with van der Waals surface area (Å²) in [6, 6.07) is 0. The molecular weight excluding hydrogens is 228 g/mol. The molecule has 1 saturated carbocycles. The van der Waals surface area contributed by atoms with Crippen LogP contribution >= 0.6 is 11.8 Å². The summed E-state index contributed by atoms with van der Waals surface area (Å²) in [7, 11) is 0. The smallest absolute Gasteiger partial charge is 0.156 e. The van der Waals surface area contributed by atoms with Gasteiger partial charge in [0.1, 0.15) is 0 Å². The monoisotopic (exact) mass is 254 g/mol. The average Bonchev–Trinajstić information content (AvgIpc) is 2.25. The maximum absolute atomic E-state index is 4.81. The van der Waals surface area contributed by atoms with Crippen LogP contribution in [0.5, 0.6) is 0 Å². The molecule has 1 aliphatic heterocycles. The van der Waals surface area contributed by atoms with E-state index in [4.69, 9.17) is 4.99 Å². The molecule has 1 aliphatic carbocycles. The van der Waals surface area contributed by atoms with E-state index < -0.39 is 0 Å². The Kier molecular flexibility index (Phi) is 4.40. The van der Waals surface area contributed by atoms with Crippen LogP contribution < -0.4 is 5.32 Å². The van der Waals surface area contributed by atoms with Crippen LogP contribution in [-0.4, -0.2) is 23.0 Å². The highest BCUT2D eigenvalue weighted by molar-refractivity contribution is 8.13. The first kappa shape index (κ1) is 13.3. The van der Waals surface area contributed by atoms with Gasteiger partial charge in [-0.2, -0.15) is 0 Å². The zero-order chi connectivity index (χ0) is 12.3. The second-order valence-corrected chi connectivity index (χ2v) is 7.47. The first-order chi connectivity index (χ1) is 8.05. The van der Waals surface area contributed by atoms with Gasteiger partial charge in [0, 0.05) is 17.8 Å². The molecule has 2 unspecified atom stereocenters. The van der Waals surface area contributed by atoms with Crippen molar-refractivity contribution < 1.29 is 0 Å². The molecule has 98 valence electrons. The Labute approximate surface area is 110 Å². The summed E-state index contributed by atoms with van der Waals surface area (Å²) >= 11 is 1.89. The largest absolute Gasteiger partial charge is 0.360 e. The Morgan fingerprint density at radius 3 is 2.94 bits per heavy atom. The molecule has 0 aromatic heterocycles. The molecule has 1 N–H and O–H groups in total. The van der Waals surface area contributed by atoms with Gasteiger partial charge in [-0.15, -0.1) is 0 Å². The van der Waals surface area contributed by atoms with Gasteiger partial charge in [-0.1, -0.05) is 31.5 Å². The van der Waals surface area contributed by atoms with Gasteiger partial charge >= 0.3 is 0 Å². The molecule has 17 heavy (non-hydrogen) atoms. The van der Waals surface area contributed by atoms with Crippen LogP contribution in [0.25, 0.3) is 0 Å². The summed E-state index contributed by atoms with van der Waals surface area (Å²) in [6.45, 7) is 7.96. The number of nitrogens with zero attached hydrogens (tertiary/aromatic N) is 1. The lowest BCUT2D eigenvalue weighted by Crippen LogP contribution is -2.46. The third-order valence-corrected chi connectivity index (χ3v) is 4.86. The molecule has 0 aromatic rings. The highest BCUT2D eigenvalue weighted by Crippen LogP contribution is 2.29. The van der Waals surface area contributed by atoms with E-state index in [0.29, 0.717) is 0 Å².